The van der Waals surface area contributed by atoms with Gasteiger partial charge in [-0.1, -0.05) is 25.5 Å². The van der Waals surface area contributed by atoms with Crippen LogP contribution in [0.2, 0.25) is 0 Å². The second-order valence-corrected chi connectivity index (χ2v) is 10.9. The minimum atomic E-state index is -4.36. The number of nitrogens with zero attached hydrogens (tertiary/aromatic N) is 2. The molecule has 0 spiro atoms. The largest absolute Gasteiger partial charge is 0.433 e. The van der Waals surface area contributed by atoms with Gasteiger partial charge in [0, 0.05) is 13.0 Å². The molecule has 1 aromatic heterocycles. The van der Waals surface area contributed by atoms with Crippen LogP contribution < -0.4 is 0 Å². The monoisotopic (exact) mass is 422 g/mol. The molecule has 30 heavy (non-hydrogen) atoms. The Kier molecular flexibility index (Phi) is 4.53. The number of halogens is 3. The molecule has 0 bridgehead atoms. The highest BCUT2D eigenvalue weighted by molar-refractivity contribution is 5.28. The van der Waals surface area contributed by atoms with Crippen molar-refractivity contribution < 1.29 is 18.3 Å². The summed E-state index contributed by atoms with van der Waals surface area (Å²) in [5.74, 6) is 1.89. The molecule has 3 saturated carbocycles. The van der Waals surface area contributed by atoms with Gasteiger partial charge < -0.3 is 5.11 Å². The smallest absolute Gasteiger partial charge is 0.393 e. The first-order valence-corrected chi connectivity index (χ1v) is 11.5. The van der Waals surface area contributed by atoms with E-state index < -0.39 is 11.9 Å². The van der Waals surface area contributed by atoms with Crippen LogP contribution in [-0.4, -0.2) is 21.0 Å². The summed E-state index contributed by atoms with van der Waals surface area (Å²) >= 11 is 0. The molecule has 0 saturated heterocycles. The molecule has 4 aliphatic carbocycles. The van der Waals surface area contributed by atoms with E-state index in [1.54, 1.807) is 0 Å². The molecule has 1 N–H and O–H groups in total. The van der Waals surface area contributed by atoms with Crippen LogP contribution in [0.3, 0.4) is 0 Å². The second kappa shape index (κ2) is 6.60. The molecule has 1 aromatic rings. The highest BCUT2D eigenvalue weighted by Crippen LogP contribution is 2.67. The van der Waals surface area contributed by atoms with Crippen molar-refractivity contribution in [3.05, 3.63) is 29.1 Å². The SMILES string of the molecule is Cn1nc([C@@H]2CC[C@H]3[C@@H]4CC=C5C[C@@H](O)CC[C@]5(C)[C@H]4CC[C@]23C)cc1C(F)(F)F. The number of rotatable bonds is 1. The van der Waals surface area contributed by atoms with E-state index in [1.165, 1.54) is 18.7 Å². The summed E-state index contributed by atoms with van der Waals surface area (Å²) in [6.45, 7) is 4.73. The van der Waals surface area contributed by atoms with Crippen LogP contribution in [0.5, 0.6) is 0 Å². The second-order valence-electron chi connectivity index (χ2n) is 10.9. The summed E-state index contributed by atoms with van der Waals surface area (Å²) in [6.07, 6.45) is 5.89. The molecule has 0 aliphatic heterocycles. The molecule has 6 heteroatoms. The van der Waals surface area contributed by atoms with Gasteiger partial charge in [0.2, 0.25) is 0 Å². The van der Waals surface area contributed by atoms with Gasteiger partial charge in [0.1, 0.15) is 5.69 Å². The number of hydrogen-bond acceptors (Lipinski definition) is 2. The van der Waals surface area contributed by atoms with Crippen LogP contribution in [0, 0.1) is 28.6 Å². The van der Waals surface area contributed by atoms with Crippen molar-refractivity contribution in [2.75, 3.05) is 0 Å². The predicted octanol–water partition coefficient (Wildman–Crippen LogP) is 5.85. The first-order valence-electron chi connectivity index (χ1n) is 11.5. The van der Waals surface area contributed by atoms with Crippen LogP contribution in [0.1, 0.15) is 82.5 Å². The number of allylic oxidation sites excluding steroid dienone is 1. The maximum Gasteiger partial charge on any atom is 0.433 e. The van der Waals surface area contributed by atoms with E-state index in [9.17, 15) is 18.3 Å². The standard InChI is InChI=1S/C24H33F3N2O/c1-22-10-8-15(30)12-14(22)4-5-16-17-6-7-19(23(17,2)11-9-18(16)22)20-13-21(24(25,26)27)29(3)28-20/h4,13,15-19,30H,5-12H2,1-3H3/t15-,16-,17-,18-,19-,22-,23-/m0/s1. The number of aromatic nitrogens is 2. The van der Waals surface area contributed by atoms with E-state index in [0.717, 1.165) is 56.0 Å². The zero-order valence-electron chi connectivity index (χ0n) is 18.2. The zero-order chi connectivity index (χ0) is 21.5. The van der Waals surface area contributed by atoms with Crippen LogP contribution in [0.25, 0.3) is 0 Å². The van der Waals surface area contributed by atoms with E-state index in [0.29, 0.717) is 23.4 Å². The van der Waals surface area contributed by atoms with Crippen molar-refractivity contribution in [1.29, 1.82) is 0 Å². The van der Waals surface area contributed by atoms with Gasteiger partial charge in [-0.3, -0.25) is 4.68 Å². The van der Waals surface area contributed by atoms with Gasteiger partial charge in [0.05, 0.1) is 11.8 Å². The van der Waals surface area contributed by atoms with Crippen LogP contribution in [0.4, 0.5) is 13.2 Å². The summed E-state index contributed by atoms with van der Waals surface area (Å²) in [7, 11) is 1.41. The normalized spacial score (nSPS) is 43.6. The van der Waals surface area contributed by atoms with Crippen LogP contribution in [-0.2, 0) is 13.2 Å². The van der Waals surface area contributed by atoms with Gasteiger partial charge in [0.15, 0.2) is 0 Å². The lowest BCUT2D eigenvalue weighted by atomic mass is 9.47. The molecule has 3 fully saturated rings. The third kappa shape index (κ3) is 2.85. The summed E-state index contributed by atoms with van der Waals surface area (Å²) in [5.41, 5.74) is 1.66. The van der Waals surface area contributed by atoms with Crippen LogP contribution in [0.15, 0.2) is 17.7 Å². The molecule has 166 valence electrons. The van der Waals surface area contributed by atoms with Crippen LogP contribution >= 0.6 is 0 Å². The Morgan fingerprint density at radius 2 is 1.87 bits per heavy atom. The fourth-order valence-electron chi connectivity index (χ4n) is 8.05. The highest BCUT2D eigenvalue weighted by Gasteiger charge is 2.59. The van der Waals surface area contributed by atoms with Gasteiger partial charge in [-0.05, 0) is 86.0 Å². The minimum absolute atomic E-state index is 0.0221. The van der Waals surface area contributed by atoms with Crippen molar-refractivity contribution >= 4 is 0 Å². The number of fused-ring (bicyclic) bond motifs is 5. The lowest BCUT2D eigenvalue weighted by Gasteiger charge is -2.58. The Hall–Kier alpha value is -1.30. The molecular weight excluding hydrogens is 389 g/mol. The fraction of sp³-hybridized carbons (Fsp3) is 0.792. The number of aliphatic hydroxyl groups excluding tert-OH is 1. The molecule has 1 heterocycles. The first kappa shape index (κ1) is 20.6. The molecule has 0 unspecified atom stereocenters. The van der Waals surface area contributed by atoms with Gasteiger partial charge in [0.25, 0.3) is 0 Å². The van der Waals surface area contributed by atoms with Crippen molar-refractivity contribution in [3.63, 3.8) is 0 Å². The molecule has 5 rings (SSSR count). The zero-order valence-corrected chi connectivity index (χ0v) is 18.2. The third-order valence-electron chi connectivity index (χ3n) is 9.62. The van der Waals surface area contributed by atoms with E-state index >= 15 is 0 Å². The summed E-state index contributed by atoms with van der Waals surface area (Å²) < 4.78 is 41.0. The number of alkyl halides is 3. The van der Waals surface area contributed by atoms with Crippen molar-refractivity contribution in [3.8, 4) is 0 Å². The summed E-state index contributed by atoms with van der Waals surface area (Å²) in [4.78, 5) is 0. The van der Waals surface area contributed by atoms with E-state index in [4.69, 9.17) is 0 Å². The Morgan fingerprint density at radius 3 is 2.57 bits per heavy atom. The van der Waals surface area contributed by atoms with E-state index in [-0.39, 0.29) is 22.9 Å². The fourth-order valence-corrected chi connectivity index (χ4v) is 8.05. The van der Waals surface area contributed by atoms with Crippen molar-refractivity contribution in [2.45, 2.75) is 83.4 Å². The molecule has 7 atom stereocenters. The number of aryl methyl sites for hydroxylation is 1. The van der Waals surface area contributed by atoms with Crippen molar-refractivity contribution in [1.82, 2.24) is 9.78 Å². The Morgan fingerprint density at radius 1 is 1.10 bits per heavy atom. The molecule has 3 nitrogen and oxygen atoms in total. The average Bonchev–Trinajstić information content (AvgIpc) is 3.21. The van der Waals surface area contributed by atoms with Gasteiger partial charge in [-0.25, -0.2) is 0 Å². The van der Waals surface area contributed by atoms with Crippen molar-refractivity contribution in [2.24, 2.45) is 35.6 Å². The Labute approximate surface area is 176 Å². The molecule has 0 amide bonds. The average molecular weight is 423 g/mol. The molecular formula is C24H33F3N2O. The Balaban J connectivity index is 1.45. The number of hydrogen-bond donors (Lipinski definition) is 1. The number of aliphatic hydroxyl groups is 1. The van der Waals surface area contributed by atoms with E-state index in [2.05, 4.69) is 25.0 Å². The minimum Gasteiger partial charge on any atom is -0.393 e. The van der Waals surface area contributed by atoms with Gasteiger partial charge >= 0.3 is 6.18 Å². The first-order chi connectivity index (χ1) is 14.0. The Bertz CT molecular complexity index is 874. The van der Waals surface area contributed by atoms with Gasteiger partial charge in [-0.15, -0.1) is 0 Å². The summed E-state index contributed by atoms with van der Waals surface area (Å²) in [6, 6.07) is 1.30. The topological polar surface area (TPSA) is 38.0 Å². The van der Waals surface area contributed by atoms with E-state index in [1.807, 2.05) is 0 Å². The molecule has 0 radical (unpaired) electrons. The maximum atomic E-state index is 13.3. The lowest BCUT2D eigenvalue weighted by Crippen LogP contribution is -2.50. The van der Waals surface area contributed by atoms with Gasteiger partial charge in [-0.2, -0.15) is 18.3 Å². The summed E-state index contributed by atoms with van der Waals surface area (Å²) in [5, 5.41) is 14.5. The molecule has 4 aliphatic rings. The lowest BCUT2D eigenvalue weighted by molar-refractivity contribution is -0.143. The predicted molar refractivity (Wildman–Crippen MR) is 109 cm³/mol. The third-order valence-corrected chi connectivity index (χ3v) is 9.62. The quantitative estimate of drug-likeness (QED) is 0.577. The molecule has 0 aromatic carbocycles. The maximum absolute atomic E-state index is 13.3. The highest BCUT2D eigenvalue weighted by atomic mass is 19.4.